The highest BCUT2D eigenvalue weighted by molar-refractivity contribution is 5.66. The Morgan fingerprint density at radius 2 is 1.67 bits per heavy atom. The molecule has 0 aliphatic heterocycles. The van der Waals surface area contributed by atoms with E-state index in [-0.39, 0.29) is 5.82 Å². The lowest BCUT2D eigenvalue weighted by Crippen LogP contribution is -1.97. The Bertz CT molecular complexity index is 1040. The second kappa shape index (κ2) is 7.46. The molecule has 0 saturated carbocycles. The van der Waals surface area contributed by atoms with Gasteiger partial charge in [0, 0.05) is 17.3 Å². The van der Waals surface area contributed by atoms with Crippen molar-refractivity contribution in [3.05, 3.63) is 95.9 Å². The van der Waals surface area contributed by atoms with Crippen molar-refractivity contribution >= 4 is 0 Å². The molecule has 0 aliphatic carbocycles. The zero-order valence-electron chi connectivity index (χ0n) is 14.9. The second-order valence-corrected chi connectivity index (χ2v) is 6.40. The molecule has 0 amide bonds. The average molecular weight is 358 g/mol. The summed E-state index contributed by atoms with van der Waals surface area (Å²) in [6.45, 7) is 2.56. The van der Waals surface area contributed by atoms with E-state index in [2.05, 4.69) is 16.0 Å². The minimum atomic E-state index is -0.257. The predicted molar refractivity (Wildman–Crippen MR) is 105 cm³/mol. The van der Waals surface area contributed by atoms with Crippen LogP contribution in [-0.2, 0) is 6.61 Å². The number of rotatable bonds is 5. The van der Waals surface area contributed by atoms with Gasteiger partial charge in [0.25, 0.3) is 0 Å². The summed E-state index contributed by atoms with van der Waals surface area (Å²) >= 11 is 0. The first-order valence-electron chi connectivity index (χ1n) is 8.78. The summed E-state index contributed by atoms with van der Waals surface area (Å²) < 4.78 is 19.0. The lowest BCUT2D eigenvalue weighted by atomic mass is 10.1. The van der Waals surface area contributed by atoms with E-state index in [0.29, 0.717) is 12.4 Å². The summed E-state index contributed by atoms with van der Waals surface area (Å²) in [4.78, 5) is 7.78. The molecule has 0 radical (unpaired) electrons. The maximum absolute atomic E-state index is 13.1. The number of benzene rings is 3. The summed E-state index contributed by atoms with van der Waals surface area (Å²) in [6.07, 6.45) is 1.86. The number of H-pyrrole nitrogens is 1. The lowest BCUT2D eigenvalue weighted by molar-refractivity contribution is 0.304. The number of nitrogens with zero attached hydrogens (tertiary/aromatic N) is 1. The Balaban J connectivity index is 1.51. The van der Waals surface area contributed by atoms with E-state index < -0.39 is 0 Å². The van der Waals surface area contributed by atoms with Gasteiger partial charge >= 0.3 is 0 Å². The summed E-state index contributed by atoms with van der Waals surface area (Å²) in [7, 11) is 0. The molecule has 1 heterocycles. The Morgan fingerprint density at radius 1 is 0.926 bits per heavy atom. The second-order valence-electron chi connectivity index (χ2n) is 6.40. The first kappa shape index (κ1) is 17.0. The van der Waals surface area contributed by atoms with Crippen LogP contribution in [0.4, 0.5) is 4.39 Å². The molecule has 27 heavy (non-hydrogen) atoms. The average Bonchev–Trinajstić information content (AvgIpc) is 3.18. The van der Waals surface area contributed by atoms with Crippen molar-refractivity contribution in [3.63, 3.8) is 0 Å². The van der Waals surface area contributed by atoms with Crippen LogP contribution in [0.5, 0.6) is 5.75 Å². The van der Waals surface area contributed by atoms with Gasteiger partial charge in [-0.1, -0.05) is 30.3 Å². The molecule has 3 aromatic carbocycles. The fourth-order valence-electron chi connectivity index (χ4n) is 2.93. The lowest BCUT2D eigenvalue weighted by Gasteiger charge is -2.10. The first-order valence-corrected chi connectivity index (χ1v) is 8.78. The van der Waals surface area contributed by atoms with Crippen molar-refractivity contribution in [2.45, 2.75) is 13.5 Å². The van der Waals surface area contributed by atoms with Crippen molar-refractivity contribution in [2.24, 2.45) is 0 Å². The summed E-state index contributed by atoms with van der Waals surface area (Å²) in [5.41, 5.74) is 4.88. The molecule has 0 fully saturated rings. The number of ether oxygens (including phenoxy) is 1. The minimum Gasteiger partial charge on any atom is -0.489 e. The van der Waals surface area contributed by atoms with Crippen LogP contribution in [-0.4, -0.2) is 9.97 Å². The molecular weight excluding hydrogens is 339 g/mol. The van der Waals surface area contributed by atoms with Crippen molar-refractivity contribution in [3.8, 4) is 28.4 Å². The van der Waals surface area contributed by atoms with Crippen LogP contribution in [0, 0.1) is 12.7 Å². The zero-order chi connectivity index (χ0) is 18.6. The SMILES string of the molecule is Cc1cc(-c2c[nH]c(-c3ccc(F)cc3)n2)ccc1OCc1ccccc1. The van der Waals surface area contributed by atoms with Crippen LogP contribution >= 0.6 is 0 Å². The van der Waals surface area contributed by atoms with Gasteiger partial charge < -0.3 is 9.72 Å². The standard InChI is InChI=1S/C23H19FN2O/c1-16-13-19(9-12-22(16)27-15-17-5-3-2-4-6-17)21-14-25-23(26-21)18-7-10-20(24)11-8-18/h2-14H,15H2,1H3,(H,25,26). The minimum absolute atomic E-state index is 0.257. The highest BCUT2D eigenvalue weighted by atomic mass is 19.1. The third kappa shape index (κ3) is 3.90. The molecule has 1 aromatic heterocycles. The van der Waals surface area contributed by atoms with Crippen LogP contribution in [0.25, 0.3) is 22.6 Å². The van der Waals surface area contributed by atoms with Crippen molar-refractivity contribution in [1.29, 1.82) is 0 Å². The molecule has 4 rings (SSSR count). The number of aromatic nitrogens is 2. The first-order chi connectivity index (χ1) is 13.2. The predicted octanol–water partition coefficient (Wildman–Crippen LogP) is 5.77. The molecule has 4 heteroatoms. The van der Waals surface area contributed by atoms with E-state index in [0.717, 1.165) is 33.7 Å². The van der Waals surface area contributed by atoms with Crippen molar-refractivity contribution in [2.75, 3.05) is 0 Å². The molecule has 1 N–H and O–H groups in total. The molecule has 0 unspecified atom stereocenters. The Labute approximate surface area is 157 Å². The third-order valence-electron chi connectivity index (χ3n) is 4.40. The van der Waals surface area contributed by atoms with E-state index >= 15 is 0 Å². The monoisotopic (exact) mass is 358 g/mol. The molecule has 0 bridgehead atoms. The van der Waals surface area contributed by atoms with E-state index in [1.54, 1.807) is 12.1 Å². The number of nitrogens with one attached hydrogen (secondary N) is 1. The summed E-state index contributed by atoms with van der Waals surface area (Å²) in [5, 5.41) is 0. The molecule has 3 nitrogen and oxygen atoms in total. The van der Waals surface area contributed by atoms with Crippen molar-refractivity contribution < 1.29 is 9.13 Å². The van der Waals surface area contributed by atoms with Gasteiger partial charge in [0.05, 0.1) is 5.69 Å². The molecule has 0 spiro atoms. The van der Waals surface area contributed by atoms with Gasteiger partial charge in [-0.3, -0.25) is 0 Å². The number of aryl methyl sites for hydroxylation is 1. The number of hydrogen-bond acceptors (Lipinski definition) is 2. The number of imidazole rings is 1. The Hall–Kier alpha value is -3.40. The molecule has 4 aromatic rings. The molecule has 134 valence electrons. The van der Waals surface area contributed by atoms with Gasteiger partial charge in [0.2, 0.25) is 0 Å². The number of aromatic amines is 1. The van der Waals surface area contributed by atoms with Crippen LogP contribution < -0.4 is 4.74 Å². The van der Waals surface area contributed by atoms with Crippen LogP contribution in [0.3, 0.4) is 0 Å². The topological polar surface area (TPSA) is 37.9 Å². The number of halogens is 1. The normalized spacial score (nSPS) is 10.7. The van der Waals surface area contributed by atoms with Gasteiger partial charge in [0.15, 0.2) is 0 Å². The smallest absolute Gasteiger partial charge is 0.138 e. The van der Waals surface area contributed by atoms with Crippen LogP contribution in [0.15, 0.2) is 79.0 Å². The summed E-state index contributed by atoms with van der Waals surface area (Å²) in [5.74, 6) is 1.32. The van der Waals surface area contributed by atoms with Crippen molar-refractivity contribution in [1.82, 2.24) is 9.97 Å². The van der Waals surface area contributed by atoms with Gasteiger partial charge in [-0.05, 0) is 60.5 Å². The van der Waals surface area contributed by atoms with Gasteiger partial charge in [-0.25, -0.2) is 9.37 Å². The third-order valence-corrected chi connectivity index (χ3v) is 4.40. The van der Waals surface area contributed by atoms with E-state index in [1.165, 1.54) is 12.1 Å². The highest BCUT2D eigenvalue weighted by Crippen LogP contribution is 2.27. The Kier molecular flexibility index (Phi) is 4.71. The molecular formula is C23H19FN2O. The van der Waals surface area contributed by atoms with Gasteiger partial charge in [0.1, 0.15) is 24.0 Å². The quantitative estimate of drug-likeness (QED) is 0.492. The van der Waals surface area contributed by atoms with E-state index in [4.69, 9.17) is 4.74 Å². The molecule has 0 saturated heterocycles. The van der Waals surface area contributed by atoms with Gasteiger partial charge in [-0.2, -0.15) is 0 Å². The Morgan fingerprint density at radius 3 is 2.41 bits per heavy atom. The van der Waals surface area contributed by atoms with Crippen LogP contribution in [0.1, 0.15) is 11.1 Å². The number of hydrogen-bond donors (Lipinski definition) is 1. The largest absolute Gasteiger partial charge is 0.489 e. The van der Waals surface area contributed by atoms with Crippen LogP contribution in [0.2, 0.25) is 0 Å². The van der Waals surface area contributed by atoms with Gasteiger partial charge in [-0.15, -0.1) is 0 Å². The molecule has 0 atom stereocenters. The fourth-order valence-corrected chi connectivity index (χ4v) is 2.93. The zero-order valence-corrected chi connectivity index (χ0v) is 14.9. The summed E-state index contributed by atoms with van der Waals surface area (Å²) in [6, 6.07) is 22.4. The molecule has 0 aliphatic rings. The van der Waals surface area contributed by atoms with E-state index in [9.17, 15) is 4.39 Å². The highest BCUT2D eigenvalue weighted by Gasteiger charge is 2.09. The maximum Gasteiger partial charge on any atom is 0.138 e. The fraction of sp³-hybridized carbons (Fsp3) is 0.0870. The maximum atomic E-state index is 13.1. The van der Waals surface area contributed by atoms with E-state index in [1.807, 2.05) is 55.6 Å².